The molecule has 0 atom stereocenters. The van der Waals surface area contributed by atoms with E-state index in [1.165, 1.54) is 0 Å². The molecule has 0 spiro atoms. The van der Waals surface area contributed by atoms with E-state index in [2.05, 4.69) is 0 Å². The van der Waals surface area contributed by atoms with Gasteiger partial charge in [-0.3, -0.25) is 14.4 Å². The number of carbonyl (C=O) groups is 3. The van der Waals surface area contributed by atoms with Crippen molar-refractivity contribution in [3.63, 3.8) is 0 Å². The molecule has 0 amide bonds. The molecule has 0 aromatic carbocycles. The molecule has 6 nitrogen and oxygen atoms in total. The summed E-state index contributed by atoms with van der Waals surface area (Å²) in [6.07, 6.45) is -0.563. The third-order valence-corrected chi connectivity index (χ3v) is 1.41. The van der Waals surface area contributed by atoms with Crippen molar-refractivity contribution in [3.8, 4) is 0 Å². The van der Waals surface area contributed by atoms with Crippen LogP contribution in [0.3, 0.4) is 0 Å². The van der Waals surface area contributed by atoms with Crippen LogP contribution in [0.25, 0.3) is 0 Å². The van der Waals surface area contributed by atoms with E-state index in [0.29, 0.717) is 6.42 Å². The lowest BCUT2D eigenvalue weighted by atomic mass is 10.3. The molecule has 3 N–H and O–H groups in total. The first-order valence-corrected chi connectivity index (χ1v) is 3.75. The summed E-state index contributed by atoms with van der Waals surface area (Å²) in [4.78, 5) is 28.8. The van der Waals surface area contributed by atoms with Crippen molar-refractivity contribution in [2.24, 2.45) is 0 Å². The lowest BCUT2D eigenvalue weighted by Gasteiger charge is -1.85. The van der Waals surface area contributed by atoms with Crippen LogP contribution in [-0.2, 0) is 14.4 Å². The Morgan fingerprint density at radius 2 is 1.64 bits per heavy atom. The number of Topliss-reactive ketones (excluding diaryl/α,β-unsaturated/α-hetero) is 1. The van der Waals surface area contributed by atoms with Gasteiger partial charge in [-0.25, -0.2) is 0 Å². The van der Waals surface area contributed by atoms with E-state index in [0.717, 1.165) is 0 Å². The minimum atomic E-state index is -1.43. The molecule has 1 aliphatic carbocycles. The summed E-state index contributed by atoms with van der Waals surface area (Å²) < 4.78 is 0. The van der Waals surface area contributed by atoms with E-state index in [1.807, 2.05) is 0 Å². The minimum Gasteiger partial charge on any atom is -0.508 e. The standard InChI is InChI=1S/C5H6O3.C3H4O3/c6-3-1-2-4(7)5(3)8;4-1-3(6)2-5/h6,8H,1-2H2;1-3,6H. The largest absolute Gasteiger partial charge is 0.508 e. The number of aliphatic hydroxyl groups excluding tert-OH is 3. The van der Waals surface area contributed by atoms with Crippen LogP contribution in [0.5, 0.6) is 0 Å². The van der Waals surface area contributed by atoms with Crippen molar-refractivity contribution in [2.75, 3.05) is 0 Å². The molecule has 0 heterocycles. The quantitative estimate of drug-likeness (QED) is 0.408. The van der Waals surface area contributed by atoms with Gasteiger partial charge in [0.15, 0.2) is 24.4 Å². The zero-order valence-corrected chi connectivity index (χ0v) is 7.21. The second-order valence-electron chi connectivity index (χ2n) is 2.48. The molecule has 0 aromatic rings. The maximum absolute atomic E-state index is 10.3. The minimum absolute atomic E-state index is 0.160. The van der Waals surface area contributed by atoms with Gasteiger partial charge in [0.25, 0.3) is 0 Å². The molecule has 0 saturated heterocycles. The highest BCUT2D eigenvalue weighted by molar-refractivity contribution is 5.95. The topological polar surface area (TPSA) is 112 Å². The second kappa shape index (κ2) is 5.87. The summed E-state index contributed by atoms with van der Waals surface area (Å²) in [6.45, 7) is 0. The number of aldehydes is 2. The summed E-state index contributed by atoms with van der Waals surface area (Å²) in [5.41, 5.74) is 0. The SMILES string of the molecule is O=C1CCC(O)=C1O.O=CC(O)C=O. The summed E-state index contributed by atoms with van der Waals surface area (Å²) in [7, 11) is 0. The molecule has 6 heteroatoms. The van der Waals surface area contributed by atoms with Crippen molar-refractivity contribution >= 4 is 18.4 Å². The van der Waals surface area contributed by atoms with Crippen molar-refractivity contribution in [3.05, 3.63) is 11.5 Å². The third-order valence-electron chi connectivity index (χ3n) is 1.41. The van der Waals surface area contributed by atoms with E-state index in [9.17, 15) is 14.4 Å². The normalized spacial score (nSPS) is 15.1. The lowest BCUT2D eigenvalue weighted by molar-refractivity contribution is -0.124. The van der Waals surface area contributed by atoms with Crippen molar-refractivity contribution in [1.82, 2.24) is 0 Å². The predicted octanol–water partition coefficient (Wildman–Crippen LogP) is -0.578. The highest BCUT2D eigenvalue weighted by Crippen LogP contribution is 2.16. The average molecular weight is 202 g/mol. The van der Waals surface area contributed by atoms with Crippen LogP contribution in [0.2, 0.25) is 0 Å². The zero-order chi connectivity index (χ0) is 11.1. The number of allylic oxidation sites excluding steroid dienone is 2. The zero-order valence-electron chi connectivity index (χ0n) is 7.21. The monoisotopic (exact) mass is 202 g/mol. The number of hydrogen-bond donors (Lipinski definition) is 3. The fraction of sp³-hybridized carbons (Fsp3) is 0.375. The van der Waals surface area contributed by atoms with E-state index < -0.39 is 11.9 Å². The van der Waals surface area contributed by atoms with Gasteiger partial charge in [0.1, 0.15) is 5.76 Å². The Hall–Kier alpha value is -1.69. The smallest absolute Gasteiger partial charge is 0.201 e. The number of hydrogen-bond acceptors (Lipinski definition) is 6. The summed E-state index contributed by atoms with van der Waals surface area (Å²) in [5, 5.41) is 25.1. The summed E-state index contributed by atoms with van der Waals surface area (Å²) in [5.74, 6) is -0.984. The average Bonchev–Trinajstić information content (AvgIpc) is 2.49. The molecular formula is C8H10O6. The van der Waals surface area contributed by atoms with Gasteiger partial charge in [-0.15, -0.1) is 0 Å². The Balaban J connectivity index is 0.000000255. The van der Waals surface area contributed by atoms with Gasteiger partial charge in [0.05, 0.1) is 0 Å². The van der Waals surface area contributed by atoms with Crippen LogP contribution >= 0.6 is 0 Å². The lowest BCUT2D eigenvalue weighted by Crippen LogP contribution is -2.07. The van der Waals surface area contributed by atoms with E-state index in [-0.39, 0.29) is 30.5 Å². The fourth-order valence-electron chi connectivity index (χ4n) is 0.662. The first kappa shape index (κ1) is 12.3. The van der Waals surface area contributed by atoms with Crippen LogP contribution in [0, 0.1) is 0 Å². The van der Waals surface area contributed by atoms with Crippen LogP contribution in [0.1, 0.15) is 12.8 Å². The number of rotatable bonds is 2. The molecule has 0 radical (unpaired) electrons. The maximum atomic E-state index is 10.3. The molecule has 0 saturated carbocycles. The first-order valence-electron chi connectivity index (χ1n) is 3.75. The van der Waals surface area contributed by atoms with E-state index in [1.54, 1.807) is 0 Å². The maximum Gasteiger partial charge on any atom is 0.201 e. The van der Waals surface area contributed by atoms with Gasteiger partial charge in [0, 0.05) is 12.8 Å². The third kappa shape index (κ3) is 3.81. The van der Waals surface area contributed by atoms with Gasteiger partial charge in [-0.05, 0) is 0 Å². The van der Waals surface area contributed by atoms with Crippen LogP contribution in [0.15, 0.2) is 11.5 Å². The Morgan fingerprint density at radius 3 is 1.71 bits per heavy atom. The first-order chi connectivity index (χ1) is 6.52. The van der Waals surface area contributed by atoms with Gasteiger partial charge in [-0.2, -0.15) is 0 Å². The Bertz CT molecular complexity index is 259. The number of ketones is 1. The Morgan fingerprint density at radius 1 is 1.14 bits per heavy atom. The van der Waals surface area contributed by atoms with Crippen molar-refractivity contribution < 1.29 is 29.7 Å². The molecule has 78 valence electrons. The molecule has 0 fully saturated rings. The predicted molar refractivity (Wildman–Crippen MR) is 44.7 cm³/mol. The Labute approximate surface area is 79.5 Å². The molecule has 0 aromatic heterocycles. The molecule has 0 bridgehead atoms. The van der Waals surface area contributed by atoms with Crippen molar-refractivity contribution in [2.45, 2.75) is 18.9 Å². The molecule has 1 aliphatic rings. The van der Waals surface area contributed by atoms with Crippen molar-refractivity contribution in [1.29, 1.82) is 0 Å². The highest BCUT2D eigenvalue weighted by atomic mass is 16.3. The Kier molecular flexibility index (Phi) is 5.16. The van der Waals surface area contributed by atoms with Crippen LogP contribution in [0.4, 0.5) is 0 Å². The molecule has 0 aliphatic heterocycles. The van der Waals surface area contributed by atoms with Gasteiger partial charge in [-0.1, -0.05) is 0 Å². The van der Waals surface area contributed by atoms with Crippen LogP contribution < -0.4 is 0 Å². The van der Waals surface area contributed by atoms with E-state index >= 15 is 0 Å². The molecule has 0 unspecified atom stereocenters. The molecular weight excluding hydrogens is 192 g/mol. The fourth-order valence-corrected chi connectivity index (χ4v) is 0.662. The summed E-state index contributed by atoms with van der Waals surface area (Å²) >= 11 is 0. The van der Waals surface area contributed by atoms with Gasteiger partial charge in [0.2, 0.25) is 5.78 Å². The van der Waals surface area contributed by atoms with Gasteiger partial charge < -0.3 is 15.3 Å². The number of carbonyl (C=O) groups excluding carboxylic acids is 3. The number of aliphatic hydroxyl groups is 3. The summed E-state index contributed by atoms with van der Waals surface area (Å²) in [6, 6.07) is 0. The van der Waals surface area contributed by atoms with Crippen LogP contribution in [-0.4, -0.2) is 39.8 Å². The van der Waals surface area contributed by atoms with E-state index in [4.69, 9.17) is 15.3 Å². The second-order valence-corrected chi connectivity index (χ2v) is 2.48. The molecule has 14 heavy (non-hydrogen) atoms. The van der Waals surface area contributed by atoms with Gasteiger partial charge >= 0.3 is 0 Å². The highest BCUT2D eigenvalue weighted by Gasteiger charge is 2.20. The molecule has 1 rings (SSSR count).